The topological polar surface area (TPSA) is 71.6 Å². The molecule has 0 radical (unpaired) electrons. The average molecular weight is 418 g/mol. The molecule has 0 aliphatic carbocycles. The largest absolute Gasteiger partial charge is 0.489 e. The van der Waals surface area contributed by atoms with Crippen LogP contribution in [0.2, 0.25) is 0 Å². The molecule has 160 valence electrons. The predicted octanol–water partition coefficient (Wildman–Crippen LogP) is 3.92. The van der Waals surface area contributed by atoms with E-state index in [1.165, 1.54) is 11.6 Å². The van der Waals surface area contributed by atoms with Crippen molar-refractivity contribution in [3.63, 3.8) is 0 Å². The van der Waals surface area contributed by atoms with E-state index >= 15 is 0 Å². The van der Waals surface area contributed by atoms with E-state index in [1.54, 1.807) is 6.07 Å². The number of hydrogen-bond acceptors (Lipinski definition) is 4. The third kappa shape index (κ3) is 4.29. The number of piperidine rings is 1. The molecule has 1 amide bonds. The highest BCUT2D eigenvalue weighted by Crippen LogP contribution is 2.32. The average Bonchev–Trinajstić information content (AvgIpc) is 2.80. The minimum Gasteiger partial charge on any atom is -0.489 e. The number of fused-ring (bicyclic) bond motifs is 3. The number of ether oxygens (including phenoxy) is 2. The van der Waals surface area contributed by atoms with Gasteiger partial charge in [-0.05, 0) is 48.9 Å². The number of benzene rings is 2. The van der Waals surface area contributed by atoms with Crippen molar-refractivity contribution in [3.8, 4) is 5.75 Å². The Balaban J connectivity index is 1.19. The van der Waals surface area contributed by atoms with E-state index in [9.17, 15) is 9.59 Å². The van der Waals surface area contributed by atoms with Gasteiger partial charge in [0.2, 0.25) is 5.56 Å². The highest BCUT2D eigenvalue weighted by Gasteiger charge is 2.29. The minimum absolute atomic E-state index is 0.136. The molecule has 3 aromatic rings. The normalized spacial score (nSPS) is 19.0. The molecule has 2 aliphatic heterocycles. The number of pyridine rings is 1. The van der Waals surface area contributed by atoms with Crippen molar-refractivity contribution in [3.05, 3.63) is 76.1 Å². The first-order valence-electron chi connectivity index (χ1n) is 10.9. The van der Waals surface area contributed by atoms with E-state index in [1.807, 2.05) is 23.1 Å². The van der Waals surface area contributed by atoms with Gasteiger partial charge in [0.05, 0.1) is 0 Å². The SMILES string of the molecule is O=C(OC1COc2ccc3[nH]c(=O)ccc3c2C1)N1CCC(Cc2ccccc2)CC1. The predicted molar refractivity (Wildman–Crippen MR) is 118 cm³/mol. The number of H-pyrrole nitrogens is 1. The zero-order valence-corrected chi connectivity index (χ0v) is 17.4. The van der Waals surface area contributed by atoms with Gasteiger partial charge in [0.1, 0.15) is 18.5 Å². The molecule has 1 fully saturated rings. The molecule has 0 spiro atoms. The van der Waals surface area contributed by atoms with E-state index in [0.717, 1.165) is 54.6 Å². The van der Waals surface area contributed by atoms with Crippen LogP contribution in [0, 0.1) is 5.92 Å². The molecule has 3 heterocycles. The van der Waals surface area contributed by atoms with Crippen LogP contribution < -0.4 is 10.3 Å². The number of likely N-dealkylation sites (tertiary alicyclic amines) is 1. The number of aromatic nitrogens is 1. The second kappa shape index (κ2) is 8.46. The number of hydrogen-bond donors (Lipinski definition) is 1. The number of rotatable bonds is 3. The van der Waals surface area contributed by atoms with E-state index in [2.05, 4.69) is 29.2 Å². The summed E-state index contributed by atoms with van der Waals surface area (Å²) in [6.45, 7) is 1.80. The molecule has 31 heavy (non-hydrogen) atoms. The van der Waals surface area contributed by atoms with Crippen molar-refractivity contribution in [2.45, 2.75) is 31.8 Å². The van der Waals surface area contributed by atoms with Crippen LogP contribution in [0.15, 0.2) is 59.4 Å². The summed E-state index contributed by atoms with van der Waals surface area (Å²) in [7, 11) is 0. The monoisotopic (exact) mass is 418 g/mol. The lowest BCUT2D eigenvalue weighted by Crippen LogP contribution is -2.42. The number of nitrogens with zero attached hydrogens (tertiary/aromatic N) is 1. The Kier molecular flexibility index (Phi) is 5.37. The third-order valence-electron chi connectivity index (χ3n) is 6.34. The molecule has 1 N–H and O–H groups in total. The molecule has 1 atom stereocenters. The Morgan fingerprint density at radius 3 is 2.68 bits per heavy atom. The molecule has 0 bridgehead atoms. The van der Waals surface area contributed by atoms with Gasteiger partial charge in [0, 0.05) is 42.0 Å². The second-order valence-corrected chi connectivity index (χ2v) is 8.47. The van der Waals surface area contributed by atoms with Gasteiger partial charge in [-0.1, -0.05) is 30.3 Å². The van der Waals surface area contributed by atoms with Crippen LogP contribution in [0.3, 0.4) is 0 Å². The molecule has 2 aliphatic rings. The van der Waals surface area contributed by atoms with Gasteiger partial charge in [0.15, 0.2) is 0 Å². The quantitative estimate of drug-likeness (QED) is 0.700. The van der Waals surface area contributed by atoms with Crippen molar-refractivity contribution < 1.29 is 14.3 Å². The Hall–Kier alpha value is -3.28. The standard InChI is InChI=1S/C25H26N2O4/c28-24-9-6-20-21-15-19(16-30-23(21)8-7-22(20)26-24)31-25(29)27-12-10-18(11-13-27)14-17-4-2-1-3-5-17/h1-9,18-19H,10-16H2,(H,26,28). The molecule has 1 unspecified atom stereocenters. The Bertz CT molecular complexity index is 1130. The van der Waals surface area contributed by atoms with E-state index in [4.69, 9.17) is 9.47 Å². The van der Waals surface area contributed by atoms with Crippen LogP contribution in [0.25, 0.3) is 10.9 Å². The summed E-state index contributed by atoms with van der Waals surface area (Å²) in [4.78, 5) is 29.0. The van der Waals surface area contributed by atoms with E-state index < -0.39 is 0 Å². The first-order valence-corrected chi connectivity index (χ1v) is 10.9. The lowest BCUT2D eigenvalue weighted by atomic mass is 9.90. The van der Waals surface area contributed by atoms with Crippen molar-refractivity contribution >= 4 is 17.0 Å². The number of carbonyl (C=O) groups excluding carboxylic acids is 1. The molecule has 0 saturated carbocycles. The zero-order chi connectivity index (χ0) is 21.2. The van der Waals surface area contributed by atoms with Gasteiger partial charge in [-0.3, -0.25) is 4.79 Å². The lowest BCUT2D eigenvalue weighted by Gasteiger charge is -2.33. The number of nitrogens with one attached hydrogen (secondary N) is 1. The van der Waals surface area contributed by atoms with E-state index in [0.29, 0.717) is 18.9 Å². The number of aromatic amines is 1. The highest BCUT2D eigenvalue weighted by molar-refractivity contribution is 5.84. The highest BCUT2D eigenvalue weighted by atomic mass is 16.6. The molecule has 2 aromatic carbocycles. The van der Waals surface area contributed by atoms with Gasteiger partial charge in [0.25, 0.3) is 0 Å². The fourth-order valence-electron chi connectivity index (χ4n) is 4.65. The van der Waals surface area contributed by atoms with Gasteiger partial charge < -0.3 is 19.4 Å². The molecular weight excluding hydrogens is 392 g/mol. The summed E-state index contributed by atoms with van der Waals surface area (Å²) in [5.74, 6) is 1.39. The Morgan fingerprint density at radius 2 is 1.87 bits per heavy atom. The summed E-state index contributed by atoms with van der Waals surface area (Å²) >= 11 is 0. The van der Waals surface area contributed by atoms with Crippen molar-refractivity contribution in [2.24, 2.45) is 5.92 Å². The minimum atomic E-state index is -0.334. The second-order valence-electron chi connectivity index (χ2n) is 8.47. The first kappa shape index (κ1) is 19.7. The summed E-state index contributed by atoms with van der Waals surface area (Å²) < 4.78 is 11.7. The summed E-state index contributed by atoms with van der Waals surface area (Å²) in [6, 6.07) is 17.6. The number of amides is 1. The Labute approximate surface area is 180 Å². The number of carbonyl (C=O) groups is 1. The van der Waals surface area contributed by atoms with Gasteiger partial charge in [-0.25, -0.2) is 4.79 Å². The maximum Gasteiger partial charge on any atom is 0.410 e. The fourth-order valence-corrected chi connectivity index (χ4v) is 4.65. The maximum absolute atomic E-state index is 12.8. The molecule has 6 heteroatoms. The molecular formula is C25H26N2O4. The van der Waals surface area contributed by atoms with Crippen LogP contribution in [0.4, 0.5) is 4.79 Å². The van der Waals surface area contributed by atoms with Crippen LogP contribution in [0.5, 0.6) is 5.75 Å². The third-order valence-corrected chi connectivity index (χ3v) is 6.34. The van der Waals surface area contributed by atoms with Crippen molar-refractivity contribution in [1.29, 1.82) is 0 Å². The van der Waals surface area contributed by atoms with Crippen LogP contribution in [0.1, 0.15) is 24.0 Å². The van der Waals surface area contributed by atoms with Crippen LogP contribution in [-0.2, 0) is 17.6 Å². The molecule has 6 nitrogen and oxygen atoms in total. The van der Waals surface area contributed by atoms with Gasteiger partial charge in [-0.15, -0.1) is 0 Å². The van der Waals surface area contributed by atoms with Gasteiger partial charge >= 0.3 is 6.09 Å². The summed E-state index contributed by atoms with van der Waals surface area (Å²) in [5.41, 5.74) is 2.96. The zero-order valence-electron chi connectivity index (χ0n) is 17.4. The van der Waals surface area contributed by atoms with Crippen LogP contribution in [-0.4, -0.2) is 41.8 Å². The van der Waals surface area contributed by atoms with Crippen molar-refractivity contribution in [2.75, 3.05) is 19.7 Å². The smallest absolute Gasteiger partial charge is 0.410 e. The fraction of sp³-hybridized carbons (Fsp3) is 0.360. The molecule has 5 rings (SSSR count). The molecule has 1 aromatic heterocycles. The van der Waals surface area contributed by atoms with Crippen LogP contribution >= 0.6 is 0 Å². The Morgan fingerprint density at radius 1 is 1.06 bits per heavy atom. The summed E-state index contributed by atoms with van der Waals surface area (Å²) in [6.07, 6.45) is 3.03. The molecule has 1 saturated heterocycles. The lowest BCUT2D eigenvalue weighted by molar-refractivity contribution is 0.0259. The maximum atomic E-state index is 12.8. The first-order chi connectivity index (χ1) is 15.2. The van der Waals surface area contributed by atoms with E-state index in [-0.39, 0.29) is 17.8 Å². The van der Waals surface area contributed by atoms with Crippen molar-refractivity contribution in [1.82, 2.24) is 9.88 Å². The van der Waals surface area contributed by atoms with Gasteiger partial charge in [-0.2, -0.15) is 0 Å². The summed E-state index contributed by atoms with van der Waals surface area (Å²) in [5, 5.41) is 0.930.